The van der Waals surface area contributed by atoms with Crippen LogP contribution in [0.3, 0.4) is 0 Å². The number of hydrogen-bond donors (Lipinski definition) is 1. The first kappa shape index (κ1) is 21.5. The van der Waals surface area contributed by atoms with E-state index in [-0.39, 0.29) is 23.8 Å². The fraction of sp³-hybridized carbons (Fsp3) is 0.136. The summed E-state index contributed by atoms with van der Waals surface area (Å²) in [4.78, 5) is 37.1. The predicted octanol–water partition coefficient (Wildman–Crippen LogP) is 4.71. The summed E-state index contributed by atoms with van der Waals surface area (Å²) in [6, 6.07) is 13.5. The van der Waals surface area contributed by atoms with Crippen LogP contribution in [0.5, 0.6) is 0 Å². The molecule has 0 unspecified atom stereocenters. The molecule has 158 valence electrons. The second-order valence-corrected chi connectivity index (χ2v) is 9.24. The van der Waals surface area contributed by atoms with Gasteiger partial charge in [0, 0.05) is 22.4 Å². The van der Waals surface area contributed by atoms with Gasteiger partial charge in [0.2, 0.25) is 0 Å². The molecule has 9 heteroatoms. The predicted molar refractivity (Wildman–Crippen MR) is 127 cm³/mol. The molecule has 0 saturated heterocycles. The fourth-order valence-corrected chi connectivity index (χ4v) is 5.55. The van der Waals surface area contributed by atoms with Gasteiger partial charge in [-0.05, 0) is 17.0 Å². The number of thioether (sulfide) groups is 1. The average Bonchev–Trinajstić information content (AvgIpc) is 3.45. The Hall–Kier alpha value is -2.72. The second kappa shape index (κ2) is 10.1. The minimum absolute atomic E-state index is 0.0764. The third-order valence-corrected chi connectivity index (χ3v) is 7.11. The van der Waals surface area contributed by atoms with Gasteiger partial charge in [0.15, 0.2) is 5.16 Å². The van der Waals surface area contributed by atoms with E-state index in [2.05, 4.69) is 17.0 Å². The lowest BCUT2D eigenvalue weighted by atomic mass is 10.2. The normalized spacial score (nSPS) is 11.0. The Morgan fingerprint density at radius 3 is 2.81 bits per heavy atom. The number of nitrogens with zero attached hydrogens (tertiary/aromatic N) is 2. The molecule has 0 aliphatic carbocycles. The molecule has 4 aromatic rings. The van der Waals surface area contributed by atoms with Crippen molar-refractivity contribution in [2.45, 2.75) is 18.3 Å². The lowest BCUT2D eigenvalue weighted by Gasteiger charge is -2.11. The molecule has 0 radical (unpaired) electrons. The molecule has 0 aliphatic rings. The standard InChI is InChI=1S/C22H19N3O3S3/c1-2-10-25-21(27)19-16(17-9-6-11-29-17)13-30-20(19)23-22(25)31-14-18(26)24-28-12-15-7-4-3-5-8-15/h2-9,11,13H,1,10,12,14H2,(H,24,26). The quantitative estimate of drug-likeness (QED) is 0.166. The van der Waals surface area contributed by atoms with Gasteiger partial charge in [-0.25, -0.2) is 10.5 Å². The number of hydrogen-bond acceptors (Lipinski definition) is 7. The average molecular weight is 470 g/mol. The number of hydroxylamine groups is 1. The number of fused-ring (bicyclic) bond motifs is 1. The molecule has 4 rings (SSSR count). The van der Waals surface area contributed by atoms with E-state index >= 15 is 0 Å². The van der Waals surface area contributed by atoms with Crippen LogP contribution >= 0.6 is 34.4 Å². The molecule has 0 atom stereocenters. The molecule has 6 nitrogen and oxygen atoms in total. The molecule has 3 heterocycles. The first-order chi connectivity index (χ1) is 15.2. The Morgan fingerprint density at radius 1 is 1.23 bits per heavy atom. The molecule has 1 N–H and O–H groups in total. The van der Waals surface area contributed by atoms with Gasteiger partial charge in [0.05, 0.1) is 17.7 Å². The maximum Gasteiger partial charge on any atom is 0.263 e. The van der Waals surface area contributed by atoms with E-state index in [0.717, 1.165) is 16.0 Å². The smallest absolute Gasteiger partial charge is 0.263 e. The summed E-state index contributed by atoms with van der Waals surface area (Å²) >= 11 is 4.22. The maximum absolute atomic E-state index is 13.2. The van der Waals surface area contributed by atoms with Crippen molar-refractivity contribution in [2.24, 2.45) is 0 Å². The number of rotatable bonds is 9. The number of carbonyl (C=O) groups excluding carboxylic acids is 1. The lowest BCUT2D eigenvalue weighted by Crippen LogP contribution is -2.27. The van der Waals surface area contributed by atoms with Gasteiger partial charge in [-0.3, -0.25) is 19.0 Å². The van der Waals surface area contributed by atoms with Crippen LogP contribution in [0.1, 0.15) is 5.56 Å². The number of thiophene rings is 2. The fourth-order valence-electron chi connectivity index (χ4n) is 2.95. The maximum atomic E-state index is 13.2. The van der Waals surface area contributed by atoms with Gasteiger partial charge in [-0.15, -0.1) is 29.3 Å². The monoisotopic (exact) mass is 469 g/mol. The van der Waals surface area contributed by atoms with Crippen LogP contribution in [-0.2, 0) is 22.8 Å². The van der Waals surface area contributed by atoms with Gasteiger partial charge in [-0.1, -0.05) is 54.2 Å². The first-order valence-electron chi connectivity index (χ1n) is 9.41. The molecule has 31 heavy (non-hydrogen) atoms. The number of benzene rings is 1. The van der Waals surface area contributed by atoms with E-state index in [4.69, 9.17) is 4.84 Å². The summed E-state index contributed by atoms with van der Waals surface area (Å²) in [5.74, 6) is -0.224. The van der Waals surface area contributed by atoms with E-state index in [1.54, 1.807) is 22.0 Å². The van der Waals surface area contributed by atoms with Gasteiger partial charge < -0.3 is 0 Å². The van der Waals surface area contributed by atoms with Crippen molar-refractivity contribution in [2.75, 3.05) is 5.75 Å². The van der Waals surface area contributed by atoms with Gasteiger partial charge in [0.1, 0.15) is 4.83 Å². The Labute approximate surface area is 191 Å². The Balaban J connectivity index is 1.49. The van der Waals surface area contributed by atoms with Crippen molar-refractivity contribution < 1.29 is 9.63 Å². The highest BCUT2D eigenvalue weighted by Gasteiger charge is 2.18. The molecular weight excluding hydrogens is 450 g/mol. The van der Waals surface area contributed by atoms with Crippen molar-refractivity contribution in [3.63, 3.8) is 0 Å². The molecule has 1 amide bonds. The summed E-state index contributed by atoms with van der Waals surface area (Å²) in [5, 5.41) is 5.03. The molecule has 0 bridgehead atoms. The second-order valence-electron chi connectivity index (χ2n) is 6.49. The summed E-state index contributed by atoms with van der Waals surface area (Å²) in [5.41, 5.74) is 4.17. The van der Waals surface area contributed by atoms with Crippen molar-refractivity contribution in [1.82, 2.24) is 15.0 Å². The van der Waals surface area contributed by atoms with E-state index in [9.17, 15) is 9.59 Å². The molecular formula is C22H19N3O3S3. The number of nitrogens with one attached hydrogen (secondary N) is 1. The van der Waals surface area contributed by atoms with Crippen LogP contribution in [0, 0.1) is 0 Å². The van der Waals surface area contributed by atoms with Crippen LogP contribution in [0.15, 0.2) is 75.8 Å². The van der Waals surface area contributed by atoms with E-state index < -0.39 is 0 Å². The van der Waals surface area contributed by atoms with Crippen LogP contribution < -0.4 is 11.0 Å². The SMILES string of the molecule is C=CCn1c(SCC(=O)NOCc2ccccc2)nc2scc(-c3cccs3)c2c1=O. The minimum Gasteiger partial charge on any atom is -0.283 e. The van der Waals surface area contributed by atoms with Crippen molar-refractivity contribution in [3.05, 3.63) is 81.8 Å². The molecule has 0 saturated carbocycles. The lowest BCUT2D eigenvalue weighted by molar-refractivity contribution is -0.131. The van der Waals surface area contributed by atoms with Gasteiger partial charge >= 0.3 is 0 Å². The van der Waals surface area contributed by atoms with Crippen LogP contribution in [-0.4, -0.2) is 21.2 Å². The van der Waals surface area contributed by atoms with Crippen molar-refractivity contribution >= 4 is 50.6 Å². The summed E-state index contributed by atoms with van der Waals surface area (Å²) in [6.07, 6.45) is 1.65. The molecule has 0 fully saturated rings. The molecule has 1 aromatic carbocycles. The Kier molecular flexibility index (Phi) is 6.98. The van der Waals surface area contributed by atoms with Crippen molar-refractivity contribution in [3.8, 4) is 10.4 Å². The molecule has 0 spiro atoms. The van der Waals surface area contributed by atoms with E-state index in [0.29, 0.717) is 21.9 Å². The third-order valence-electron chi connectivity index (χ3n) is 4.36. The zero-order chi connectivity index (χ0) is 21.6. The summed E-state index contributed by atoms with van der Waals surface area (Å²) < 4.78 is 1.56. The number of carbonyl (C=O) groups is 1. The van der Waals surface area contributed by atoms with E-state index in [1.807, 2.05) is 53.2 Å². The highest BCUT2D eigenvalue weighted by atomic mass is 32.2. The minimum atomic E-state index is -0.300. The van der Waals surface area contributed by atoms with Crippen molar-refractivity contribution in [1.29, 1.82) is 0 Å². The largest absolute Gasteiger partial charge is 0.283 e. The highest BCUT2D eigenvalue weighted by molar-refractivity contribution is 7.99. The topological polar surface area (TPSA) is 73.2 Å². The number of amides is 1. The summed E-state index contributed by atoms with van der Waals surface area (Å²) in [6.45, 7) is 4.35. The number of allylic oxidation sites excluding steroid dienone is 1. The summed E-state index contributed by atoms with van der Waals surface area (Å²) in [7, 11) is 0. The van der Waals surface area contributed by atoms with Crippen LogP contribution in [0.25, 0.3) is 20.7 Å². The van der Waals surface area contributed by atoms with Gasteiger partial charge in [0.25, 0.3) is 11.5 Å². The first-order valence-corrected chi connectivity index (χ1v) is 12.2. The zero-order valence-corrected chi connectivity index (χ0v) is 18.9. The zero-order valence-electron chi connectivity index (χ0n) is 16.4. The Bertz CT molecular complexity index is 1250. The van der Waals surface area contributed by atoms with Crippen LogP contribution in [0.4, 0.5) is 0 Å². The molecule has 3 aromatic heterocycles. The van der Waals surface area contributed by atoms with Crippen LogP contribution in [0.2, 0.25) is 0 Å². The third kappa shape index (κ3) is 4.96. The Morgan fingerprint density at radius 2 is 2.06 bits per heavy atom. The van der Waals surface area contributed by atoms with E-state index in [1.165, 1.54) is 23.1 Å². The number of aromatic nitrogens is 2. The van der Waals surface area contributed by atoms with Gasteiger partial charge in [-0.2, -0.15) is 0 Å². The molecule has 0 aliphatic heterocycles. The highest BCUT2D eigenvalue weighted by Crippen LogP contribution is 2.34.